The molecule has 2 saturated heterocycles. The molecule has 6 rings (SSSR count). The van der Waals surface area contributed by atoms with Gasteiger partial charge in [0.15, 0.2) is 35.1 Å². The lowest BCUT2D eigenvalue weighted by molar-refractivity contribution is -0.0684. The van der Waals surface area contributed by atoms with E-state index in [4.69, 9.17) is 34.7 Å². The third kappa shape index (κ3) is 6.71. The molecule has 0 amide bonds. The van der Waals surface area contributed by atoms with E-state index >= 15 is 0 Å². The molecule has 26 heteroatoms. The Hall–Kier alpha value is -3.48. The van der Waals surface area contributed by atoms with Gasteiger partial charge in [-0.2, -0.15) is 4.98 Å². The maximum atomic E-state index is 13.3. The summed E-state index contributed by atoms with van der Waals surface area (Å²) in [4.78, 5) is 63.9. The van der Waals surface area contributed by atoms with Gasteiger partial charge in [0, 0.05) is 6.61 Å². The normalized spacial score (nSPS) is 29.2. The Morgan fingerprint density at radius 2 is 1.56 bits per heavy atom. The number of aliphatic hydroxyl groups is 2. The molecule has 9 atom stereocenters. The van der Waals surface area contributed by atoms with E-state index < -0.39 is 83.5 Å². The van der Waals surface area contributed by atoms with Gasteiger partial charge in [-0.15, -0.1) is 0 Å². The minimum absolute atomic E-state index is 0.0213. The summed E-state index contributed by atoms with van der Waals surface area (Å²) in [6, 6.07) is 0. The van der Waals surface area contributed by atoms with Crippen LogP contribution in [0.3, 0.4) is 0 Å². The molecule has 4 aromatic rings. The number of nitrogens with zero attached hydrogens (tertiary/aromatic N) is 7. The summed E-state index contributed by atoms with van der Waals surface area (Å²) in [5.74, 6) is -0.196. The summed E-state index contributed by atoms with van der Waals surface area (Å²) in [5.41, 5.74) is 11.0. The number of rotatable bonds is 12. The molecule has 0 spiro atoms. The third-order valence-corrected chi connectivity index (χ3v) is 8.90. The molecule has 2 fully saturated rings. The van der Waals surface area contributed by atoms with Crippen molar-refractivity contribution in [1.29, 1.82) is 0 Å². The minimum Gasteiger partial charge on any atom is -0.387 e. The van der Waals surface area contributed by atoms with Crippen LogP contribution < -0.4 is 17.0 Å². The van der Waals surface area contributed by atoms with Crippen LogP contribution in [0.1, 0.15) is 19.4 Å². The highest BCUT2D eigenvalue weighted by atomic mass is 31.2. The molecule has 0 bridgehead atoms. The Balaban J connectivity index is 1.21. The van der Waals surface area contributed by atoms with E-state index in [-0.39, 0.29) is 40.7 Å². The van der Waals surface area contributed by atoms with Gasteiger partial charge >= 0.3 is 15.6 Å². The molecule has 0 aliphatic carbocycles. The number of phosphoric acid groups is 2. The number of aromatic nitrogens is 8. The van der Waals surface area contributed by atoms with E-state index in [1.807, 2.05) is 0 Å². The molecule has 1 unspecified atom stereocenters. The van der Waals surface area contributed by atoms with E-state index in [1.54, 1.807) is 6.92 Å². The first-order valence-corrected chi connectivity index (χ1v) is 17.0. The molecular formula is C22H30N10O14P2. The zero-order valence-electron chi connectivity index (χ0n) is 24.6. The van der Waals surface area contributed by atoms with Crippen molar-refractivity contribution in [2.45, 2.75) is 56.0 Å². The third-order valence-electron chi connectivity index (χ3n) is 7.43. The van der Waals surface area contributed by atoms with Gasteiger partial charge in [-0.1, -0.05) is 0 Å². The van der Waals surface area contributed by atoms with Gasteiger partial charge in [-0.05, 0) is 6.92 Å². The van der Waals surface area contributed by atoms with E-state index in [0.717, 1.165) is 10.9 Å². The molecule has 0 saturated carbocycles. The van der Waals surface area contributed by atoms with Crippen molar-refractivity contribution < 1.29 is 61.8 Å². The van der Waals surface area contributed by atoms with Crippen molar-refractivity contribution in [2.75, 3.05) is 31.3 Å². The van der Waals surface area contributed by atoms with Gasteiger partial charge in [0.25, 0.3) is 5.56 Å². The number of imidazole rings is 2. The van der Waals surface area contributed by atoms with Crippen molar-refractivity contribution in [3.8, 4) is 0 Å². The van der Waals surface area contributed by atoms with Crippen LogP contribution in [0.4, 0.5) is 11.8 Å². The fourth-order valence-electron chi connectivity index (χ4n) is 5.37. The average molecular weight is 720 g/mol. The maximum Gasteiger partial charge on any atom is 0.472 e. The minimum atomic E-state index is -5.14. The van der Waals surface area contributed by atoms with Crippen molar-refractivity contribution in [3.63, 3.8) is 0 Å². The summed E-state index contributed by atoms with van der Waals surface area (Å²) >= 11 is 0. The molecule has 24 nitrogen and oxygen atoms in total. The summed E-state index contributed by atoms with van der Waals surface area (Å²) in [7, 11) is -10.2. The zero-order valence-corrected chi connectivity index (χ0v) is 26.4. The number of ether oxygens (including phenoxy) is 3. The first kappa shape index (κ1) is 34.4. The predicted molar refractivity (Wildman–Crippen MR) is 156 cm³/mol. The van der Waals surface area contributed by atoms with E-state index in [0.29, 0.717) is 0 Å². The van der Waals surface area contributed by atoms with Crippen molar-refractivity contribution in [1.82, 2.24) is 39.0 Å². The van der Waals surface area contributed by atoms with E-state index in [2.05, 4.69) is 34.4 Å². The number of H-pyrrole nitrogens is 1. The largest absolute Gasteiger partial charge is 0.472 e. The Bertz CT molecular complexity index is 1950. The molecular weight excluding hydrogens is 690 g/mol. The molecule has 0 radical (unpaired) electrons. The second kappa shape index (κ2) is 13.1. The van der Waals surface area contributed by atoms with Gasteiger partial charge in [-0.3, -0.25) is 32.5 Å². The summed E-state index contributed by atoms with van der Waals surface area (Å²) in [6.07, 6.45) is -7.95. The summed E-state index contributed by atoms with van der Waals surface area (Å²) < 4.78 is 60.0. The molecule has 4 aromatic heterocycles. The van der Waals surface area contributed by atoms with Crippen LogP contribution >= 0.6 is 15.6 Å². The summed E-state index contributed by atoms with van der Waals surface area (Å²) in [6.45, 7) is -0.00274. The van der Waals surface area contributed by atoms with E-state index in [1.165, 1.54) is 17.2 Å². The highest BCUT2D eigenvalue weighted by Crippen LogP contribution is 2.50. The predicted octanol–water partition coefficient (Wildman–Crippen LogP) is -2.34. The Labute approximate surface area is 267 Å². The highest BCUT2D eigenvalue weighted by Gasteiger charge is 2.52. The molecule has 6 heterocycles. The Morgan fingerprint density at radius 1 is 0.896 bits per heavy atom. The van der Waals surface area contributed by atoms with Gasteiger partial charge in [0.05, 0.1) is 25.9 Å². The first-order valence-electron chi connectivity index (χ1n) is 14.0. The fraction of sp³-hybridized carbons (Fsp3) is 0.545. The topological polar surface area (TPSA) is 350 Å². The number of aliphatic hydroxyl groups excluding tert-OH is 2. The van der Waals surface area contributed by atoms with Crippen molar-refractivity contribution in [2.24, 2.45) is 0 Å². The van der Waals surface area contributed by atoms with Gasteiger partial charge in [-0.25, -0.2) is 29.1 Å². The Morgan fingerprint density at radius 3 is 2.27 bits per heavy atom. The van der Waals surface area contributed by atoms with Crippen molar-refractivity contribution in [3.05, 3.63) is 29.3 Å². The fourth-order valence-corrected chi connectivity index (χ4v) is 6.67. The number of aromatic amines is 1. The zero-order chi connectivity index (χ0) is 34.5. The lowest BCUT2D eigenvalue weighted by atomic mass is 10.1. The van der Waals surface area contributed by atoms with Gasteiger partial charge in [0.1, 0.15) is 48.5 Å². The molecule has 48 heavy (non-hydrogen) atoms. The molecule has 10 N–H and O–H groups in total. The SMILES string of the molecule is CCO[C@@H]1[C@H](OP(=O)(O)OC[C@H]2O[C@@H](n3cnc4c(=O)[nH]c(N)nc43)[C@H](O)[C@@H]2O)[C@@H](COP(=O)(O)O)O[C@H]1n1cnc2c(N)ncnc21. The number of hydrogen-bond donors (Lipinski definition) is 8. The smallest absolute Gasteiger partial charge is 0.387 e. The second-order valence-corrected chi connectivity index (χ2v) is 13.2. The lowest BCUT2D eigenvalue weighted by Crippen LogP contribution is -2.38. The van der Waals surface area contributed by atoms with Crippen LogP contribution in [-0.4, -0.2) is 120 Å². The van der Waals surface area contributed by atoms with Crippen molar-refractivity contribution >= 4 is 49.7 Å². The average Bonchev–Trinajstić information content (AvgIpc) is 3.77. The molecule has 2 aliphatic rings. The van der Waals surface area contributed by atoms with E-state index in [9.17, 15) is 38.8 Å². The number of anilines is 2. The number of fused-ring (bicyclic) bond motifs is 2. The van der Waals surface area contributed by atoms with Crippen LogP contribution in [0.2, 0.25) is 0 Å². The number of nitrogens with two attached hydrogens (primary N) is 2. The number of nitrogen functional groups attached to an aromatic ring is 2. The van der Waals surface area contributed by atoms with Crippen LogP contribution in [0.5, 0.6) is 0 Å². The standard InChI is InChI=1S/C22H30N10O14P2/c1-2-41-15-14(9(4-42-47(36,37)38)45-21(15)31-6-27-10-16(23)25-5-26-17(10)31)46-48(39,40)43-3-8-12(33)13(34)20(44-8)32-7-28-11-18(32)29-22(24)30-19(11)35/h5-9,12-15,20-21,33-34H,2-4H2,1H3,(H,39,40)(H2,23,25,26)(H2,36,37,38)(H3,24,29,30,35)/t8-,9-,12-,13-,14-,15-,20-,21-/m1/s1. The lowest BCUT2D eigenvalue weighted by Gasteiger charge is -2.26. The summed E-state index contributed by atoms with van der Waals surface area (Å²) in [5, 5.41) is 21.4. The maximum absolute atomic E-state index is 13.3. The second-order valence-electron chi connectivity index (χ2n) is 10.5. The number of nitrogens with one attached hydrogen (secondary N) is 1. The number of phosphoric ester groups is 2. The number of hydrogen-bond acceptors (Lipinski definition) is 18. The molecule has 0 aromatic carbocycles. The highest BCUT2D eigenvalue weighted by molar-refractivity contribution is 7.47. The molecule has 262 valence electrons. The van der Waals surface area contributed by atoms with Gasteiger partial charge < -0.3 is 50.6 Å². The van der Waals surface area contributed by atoms with Crippen LogP contribution in [0, 0.1) is 0 Å². The Kier molecular flexibility index (Phi) is 9.38. The van der Waals surface area contributed by atoms with Crippen LogP contribution in [0.15, 0.2) is 23.8 Å². The monoisotopic (exact) mass is 720 g/mol. The van der Waals surface area contributed by atoms with Crippen LogP contribution in [0.25, 0.3) is 22.3 Å². The first-order chi connectivity index (χ1) is 22.7. The quantitative estimate of drug-likeness (QED) is 0.0710. The molecule has 2 aliphatic heterocycles. The van der Waals surface area contributed by atoms with Crippen LogP contribution in [-0.2, 0) is 36.9 Å². The van der Waals surface area contributed by atoms with Gasteiger partial charge in [0.2, 0.25) is 5.95 Å².